The normalized spacial score (nSPS) is 14.8. The molecule has 0 aromatic heterocycles. The lowest BCUT2D eigenvalue weighted by atomic mass is 10.1. The lowest BCUT2D eigenvalue weighted by Gasteiger charge is -2.37. The fraction of sp³-hybridized carbons (Fsp3) is 0.250. The van der Waals surface area contributed by atoms with Crippen LogP contribution in [0.4, 0.5) is 18.9 Å². The highest BCUT2D eigenvalue weighted by molar-refractivity contribution is 5.44. The second kappa shape index (κ2) is 5.67. The van der Waals surface area contributed by atoms with E-state index in [1.54, 1.807) is 67.6 Å². The van der Waals surface area contributed by atoms with Crippen molar-refractivity contribution in [3.63, 3.8) is 0 Å². The van der Waals surface area contributed by atoms with E-state index in [4.69, 9.17) is 0 Å². The summed E-state index contributed by atoms with van der Waals surface area (Å²) in [5.41, 5.74) is 0.946. The van der Waals surface area contributed by atoms with E-state index in [0.29, 0.717) is 5.56 Å². The molecule has 0 heterocycles. The average Bonchev–Trinajstić information content (AvgIpc) is 2.45. The number of quaternary nitrogens is 1. The summed E-state index contributed by atoms with van der Waals surface area (Å²) in [6.07, 6.45) is -4.34. The quantitative estimate of drug-likeness (QED) is 0.561. The highest BCUT2D eigenvalue weighted by atomic mass is 19.4. The highest BCUT2D eigenvalue weighted by Gasteiger charge is 2.55. The molecule has 0 bridgehead atoms. The maximum absolute atomic E-state index is 13.7. The van der Waals surface area contributed by atoms with Gasteiger partial charge in [0.25, 0.3) is 0 Å². The van der Waals surface area contributed by atoms with Crippen LogP contribution in [0, 0.1) is 0 Å². The lowest BCUT2D eigenvalue weighted by Crippen LogP contribution is -2.58. The van der Waals surface area contributed by atoms with Crippen LogP contribution in [0.2, 0.25) is 0 Å². The van der Waals surface area contributed by atoms with E-state index in [9.17, 15) is 13.2 Å². The molecule has 20 heavy (non-hydrogen) atoms. The molecule has 4 heteroatoms. The molecular formula is C16H17F3N+. The average molecular weight is 280 g/mol. The molecule has 106 valence electrons. The smallest absolute Gasteiger partial charge is 0.195 e. The molecule has 1 unspecified atom stereocenters. The van der Waals surface area contributed by atoms with Gasteiger partial charge in [-0.2, -0.15) is 4.48 Å². The van der Waals surface area contributed by atoms with E-state index in [1.165, 1.54) is 0 Å². The van der Waals surface area contributed by atoms with Gasteiger partial charge in [0.2, 0.25) is 0 Å². The first kappa shape index (κ1) is 14.6. The number of benzene rings is 2. The van der Waals surface area contributed by atoms with E-state index in [2.05, 4.69) is 0 Å². The Balaban J connectivity index is 2.49. The predicted molar refractivity (Wildman–Crippen MR) is 75.0 cm³/mol. The third-order valence-corrected chi connectivity index (χ3v) is 3.57. The Morgan fingerprint density at radius 1 is 0.850 bits per heavy atom. The summed E-state index contributed by atoms with van der Waals surface area (Å²) in [4.78, 5) is 0. The molecule has 0 fully saturated rings. The van der Waals surface area contributed by atoms with Crippen molar-refractivity contribution in [3.8, 4) is 0 Å². The van der Waals surface area contributed by atoms with Crippen LogP contribution >= 0.6 is 0 Å². The zero-order chi connectivity index (χ0) is 14.6. The van der Waals surface area contributed by atoms with Crippen molar-refractivity contribution in [2.45, 2.75) is 19.8 Å². The van der Waals surface area contributed by atoms with Crippen LogP contribution in [0.3, 0.4) is 0 Å². The Bertz CT molecular complexity index is 537. The molecule has 2 aromatic carbocycles. The van der Waals surface area contributed by atoms with Crippen LogP contribution in [-0.4, -0.2) is 12.8 Å². The minimum Gasteiger partial charge on any atom is -0.195 e. The first-order valence-corrected chi connectivity index (χ1v) is 6.53. The van der Waals surface area contributed by atoms with Gasteiger partial charge in [-0.25, -0.2) is 0 Å². The van der Waals surface area contributed by atoms with Crippen LogP contribution in [0.15, 0.2) is 60.7 Å². The number of para-hydroxylation sites is 1. The van der Waals surface area contributed by atoms with Crippen LogP contribution in [0.5, 0.6) is 0 Å². The number of alkyl halides is 3. The van der Waals surface area contributed by atoms with E-state index in [0.717, 1.165) is 0 Å². The maximum atomic E-state index is 13.7. The molecule has 0 aliphatic rings. The van der Waals surface area contributed by atoms with Gasteiger partial charge in [0, 0.05) is 5.56 Å². The molecule has 0 saturated heterocycles. The molecular weight excluding hydrogens is 263 g/mol. The largest absolute Gasteiger partial charge is 0.566 e. The summed E-state index contributed by atoms with van der Waals surface area (Å²) >= 11 is 0. The zero-order valence-corrected chi connectivity index (χ0v) is 11.3. The van der Waals surface area contributed by atoms with Gasteiger partial charge in [-0.3, -0.25) is 0 Å². The second-order valence-electron chi connectivity index (χ2n) is 4.73. The number of hydrogen-bond donors (Lipinski definition) is 0. The van der Waals surface area contributed by atoms with Gasteiger partial charge in [0.05, 0.1) is 6.54 Å². The number of hydrogen-bond acceptors (Lipinski definition) is 0. The third-order valence-electron chi connectivity index (χ3n) is 3.57. The minimum atomic E-state index is -4.34. The predicted octanol–water partition coefficient (Wildman–Crippen LogP) is 4.73. The summed E-state index contributed by atoms with van der Waals surface area (Å²) in [6.45, 7) is 1.44. The van der Waals surface area contributed by atoms with Crippen LogP contribution in [0.1, 0.15) is 12.5 Å². The molecule has 0 radical (unpaired) electrons. The van der Waals surface area contributed by atoms with Gasteiger partial charge in [-0.15, -0.1) is 13.2 Å². The van der Waals surface area contributed by atoms with Gasteiger partial charge >= 0.3 is 6.30 Å². The zero-order valence-electron chi connectivity index (χ0n) is 11.3. The fourth-order valence-electron chi connectivity index (χ4n) is 2.41. The third kappa shape index (κ3) is 2.70. The number of halogens is 3. The fourth-order valence-corrected chi connectivity index (χ4v) is 2.41. The Kier molecular flexibility index (Phi) is 4.14. The van der Waals surface area contributed by atoms with Crippen molar-refractivity contribution < 1.29 is 13.2 Å². The summed E-state index contributed by atoms with van der Waals surface area (Å²) < 4.78 is 40.1. The van der Waals surface area contributed by atoms with Crippen molar-refractivity contribution in [2.24, 2.45) is 0 Å². The molecule has 2 aromatic rings. The standard InChI is InChI=1S/C16H17F3N/c1-2-20(16(17,18)19,15-11-7-4-8-12-15)13-14-9-5-3-6-10-14/h3-12H,2,13H2,1H3/q+1. The van der Waals surface area contributed by atoms with Gasteiger partial charge in [-0.1, -0.05) is 48.5 Å². The number of nitrogens with zero attached hydrogens (tertiary/aromatic N) is 1. The Labute approximate surface area is 116 Å². The van der Waals surface area contributed by atoms with E-state index in [1.807, 2.05) is 0 Å². The molecule has 0 spiro atoms. The van der Waals surface area contributed by atoms with E-state index in [-0.39, 0.29) is 18.8 Å². The van der Waals surface area contributed by atoms with Crippen LogP contribution < -0.4 is 4.48 Å². The Morgan fingerprint density at radius 2 is 1.35 bits per heavy atom. The van der Waals surface area contributed by atoms with Crippen molar-refractivity contribution >= 4 is 5.69 Å². The number of rotatable bonds is 4. The first-order chi connectivity index (χ1) is 9.49. The SMILES string of the molecule is CC[N+](Cc1ccccc1)(c1ccccc1)C(F)(F)F. The molecule has 0 N–H and O–H groups in total. The topological polar surface area (TPSA) is 0 Å². The molecule has 1 nitrogen and oxygen atoms in total. The lowest BCUT2D eigenvalue weighted by molar-refractivity contribution is -0.241. The van der Waals surface area contributed by atoms with Crippen molar-refractivity contribution in [2.75, 3.05) is 6.54 Å². The van der Waals surface area contributed by atoms with E-state index >= 15 is 0 Å². The monoisotopic (exact) mass is 280 g/mol. The minimum absolute atomic E-state index is 0.0393. The first-order valence-electron chi connectivity index (χ1n) is 6.53. The Morgan fingerprint density at radius 3 is 1.80 bits per heavy atom. The summed E-state index contributed by atoms with van der Waals surface area (Å²) in [6, 6.07) is 16.9. The summed E-state index contributed by atoms with van der Waals surface area (Å²) in [5.74, 6) is 0. The van der Waals surface area contributed by atoms with Gasteiger partial charge in [0.15, 0.2) is 0 Å². The molecule has 0 saturated carbocycles. The second-order valence-corrected chi connectivity index (χ2v) is 4.73. The maximum Gasteiger partial charge on any atom is 0.566 e. The van der Waals surface area contributed by atoms with Crippen LogP contribution in [-0.2, 0) is 6.54 Å². The molecule has 2 rings (SSSR count). The molecule has 1 atom stereocenters. The van der Waals surface area contributed by atoms with Crippen molar-refractivity contribution in [1.29, 1.82) is 0 Å². The summed E-state index contributed by atoms with van der Waals surface area (Å²) in [5, 5.41) is 0. The van der Waals surface area contributed by atoms with Gasteiger partial charge in [0.1, 0.15) is 12.2 Å². The van der Waals surface area contributed by atoms with Gasteiger partial charge in [-0.05, 0) is 19.1 Å². The molecule has 0 amide bonds. The van der Waals surface area contributed by atoms with Crippen molar-refractivity contribution in [3.05, 3.63) is 66.2 Å². The molecule has 0 aliphatic heterocycles. The van der Waals surface area contributed by atoms with Crippen molar-refractivity contribution in [1.82, 2.24) is 4.48 Å². The summed E-state index contributed by atoms with van der Waals surface area (Å²) in [7, 11) is 0. The Hall–Kier alpha value is -1.81. The van der Waals surface area contributed by atoms with Gasteiger partial charge < -0.3 is 0 Å². The van der Waals surface area contributed by atoms with Crippen LogP contribution in [0.25, 0.3) is 0 Å². The highest BCUT2D eigenvalue weighted by Crippen LogP contribution is 2.38. The molecule has 0 aliphatic carbocycles. The van der Waals surface area contributed by atoms with E-state index < -0.39 is 10.8 Å².